The number of benzene rings is 1. The fourth-order valence-corrected chi connectivity index (χ4v) is 4.37. The average molecular weight is 508 g/mol. The Kier molecular flexibility index (Phi) is 8.19. The molecule has 0 bridgehead atoms. The Hall–Kier alpha value is -3.18. The molecule has 9 heteroatoms. The van der Waals surface area contributed by atoms with Crippen molar-refractivity contribution in [1.29, 1.82) is 5.26 Å². The molecule has 4 rings (SSSR count). The van der Waals surface area contributed by atoms with Gasteiger partial charge < -0.3 is 5.32 Å². The van der Waals surface area contributed by atoms with E-state index in [4.69, 9.17) is 38.5 Å². The second-order valence-electron chi connectivity index (χ2n) is 8.21. The number of pyridine rings is 1. The third-order valence-corrected chi connectivity index (χ3v) is 6.40. The van der Waals surface area contributed by atoms with Crippen molar-refractivity contribution in [3.63, 3.8) is 0 Å². The van der Waals surface area contributed by atoms with Gasteiger partial charge in [-0.1, -0.05) is 37.0 Å². The van der Waals surface area contributed by atoms with E-state index in [0.717, 1.165) is 60.8 Å². The molecular formula is C26H27Cl2N7. The molecule has 3 heterocycles. The number of nitrogens with zero attached hydrogens (tertiary/aromatic N) is 6. The normalized spacial score (nSPS) is 11.2. The van der Waals surface area contributed by atoms with Gasteiger partial charge >= 0.3 is 0 Å². The van der Waals surface area contributed by atoms with Crippen LogP contribution in [0.15, 0.2) is 48.8 Å². The van der Waals surface area contributed by atoms with Crippen LogP contribution in [0.1, 0.15) is 37.2 Å². The van der Waals surface area contributed by atoms with Gasteiger partial charge in [-0.05, 0) is 62.3 Å². The van der Waals surface area contributed by atoms with Gasteiger partial charge in [-0.25, -0.2) is 9.50 Å². The Labute approximate surface area is 215 Å². The van der Waals surface area contributed by atoms with Crippen LogP contribution in [0.5, 0.6) is 0 Å². The molecule has 0 aliphatic carbocycles. The van der Waals surface area contributed by atoms with Crippen molar-refractivity contribution in [3.05, 3.63) is 75.8 Å². The molecule has 0 atom stereocenters. The van der Waals surface area contributed by atoms with E-state index in [0.29, 0.717) is 27.8 Å². The van der Waals surface area contributed by atoms with Crippen LogP contribution in [0.25, 0.3) is 16.8 Å². The highest BCUT2D eigenvalue weighted by Crippen LogP contribution is 2.31. The van der Waals surface area contributed by atoms with Crippen molar-refractivity contribution >= 4 is 34.5 Å². The summed E-state index contributed by atoms with van der Waals surface area (Å²) in [6, 6.07) is 13.3. The first-order valence-electron chi connectivity index (χ1n) is 11.7. The number of nitriles is 1. The summed E-state index contributed by atoms with van der Waals surface area (Å²) in [4.78, 5) is 11.6. The zero-order valence-corrected chi connectivity index (χ0v) is 21.3. The summed E-state index contributed by atoms with van der Waals surface area (Å²) < 4.78 is 1.87. The van der Waals surface area contributed by atoms with Crippen LogP contribution in [-0.2, 0) is 13.0 Å². The third-order valence-electron chi connectivity index (χ3n) is 5.85. The van der Waals surface area contributed by atoms with E-state index in [2.05, 4.69) is 41.2 Å². The maximum Gasteiger partial charge on any atom is 0.152 e. The largest absolute Gasteiger partial charge is 0.368 e. The highest BCUT2D eigenvalue weighted by atomic mass is 35.5. The zero-order chi connectivity index (χ0) is 24.8. The van der Waals surface area contributed by atoms with E-state index in [-0.39, 0.29) is 0 Å². The van der Waals surface area contributed by atoms with Crippen LogP contribution in [0.2, 0.25) is 10.0 Å². The van der Waals surface area contributed by atoms with Crippen molar-refractivity contribution in [2.24, 2.45) is 0 Å². The molecule has 7 nitrogen and oxygen atoms in total. The minimum atomic E-state index is 0.540. The molecule has 0 radical (unpaired) electrons. The van der Waals surface area contributed by atoms with Crippen molar-refractivity contribution in [2.45, 2.75) is 33.2 Å². The molecule has 35 heavy (non-hydrogen) atoms. The van der Waals surface area contributed by atoms with E-state index >= 15 is 0 Å². The molecule has 0 spiro atoms. The lowest BCUT2D eigenvalue weighted by atomic mass is 10.1. The molecular weight excluding hydrogens is 481 g/mol. The maximum absolute atomic E-state index is 8.94. The van der Waals surface area contributed by atoms with E-state index in [1.807, 2.05) is 22.8 Å². The minimum absolute atomic E-state index is 0.540. The van der Waals surface area contributed by atoms with Crippen molar-refractivity contribution in [1.82, 2.24) is 24.5 Å². The molecule has 0 saturated heterocycles. The van der Waals surface area contributed by atoms with Crippen molar-refractivity contribution in [3.8, 4) is 17.3 Å². The molecule has 1 aromatic carbocycles. The Morgan fingerprint density at radius 3 is 2.60 bits per heavy atom. The van der Waals surface area contributed by atoms with Crippen molar-refractivity contribution < 1.29 is 0 Å². The topological polar surface area (TPSA) is 82.1 Å². The molecule has 3 aromatic heterocycles. The summed E-state index contributed by atoms with van der Waals surface area (Å²) in [5.74, 6) is 0.750. The molecule has 0 unspecified atom stereocenters. The van der Waals surface area contributed by atoms with Gasteiger partial charge in [0, 0.05) is 35.6 Å². The Morgan fingerprint density at radius 1 is 1.09 bits per heavy atom. The van der Waals surface area contributed by atoms with Gasteiger partial charge in [0.05, 0.1) is 28.2 Å². The van der Waals surface area contributed by atoms with Crippen LogP contribution < -0.4 is 5.32 Å². The van der Waals surface area contributed by atoms with Crippen LogP contribution >= 0.6 is 23.2 Å². The summed E-state index contributed by atoms with van der Waals surface area (Å²) in [6.45, 7) is 7.70. The quantitative estimate of drug-likeness (QED) is 0.271. The van der Waals surface area contributed by atoms with Crippen molar-refractivity contribution in [2.75, 3.05) is 25.0 Å². The number of aromatic nitrogens is 4. The molecule has 0 fully saturated rings. The summed E-state index contributed by atoms with van der Waals surface area (Å²) in [7, 11) is 0. The monoisotopic (exact) mass is 507 g/mol. The number of anilines is 1. The predicted octanol–water partition coefficient (Wildman–Crippen LogP) is 5.86. The minimum Gasteiger partial charge on any atom is -0.368 e. The van der Waals surface area contributed by atoms with Gasteiger partial charge in [-0.3, -0.25) is 9.88 Å². The molecule has 0 aliphatic heterocycles. The SMILES string of the molecule is CCN(CC)Cc1cc2c(NCCCc3ccc(C#N)cn3)nc(-c3ccc(Cl)cc3Cl)cn2n1. The first-order chi connectivity index (χ1) is 17.0. The summed E-state index contributed by atoms with van der Waals surface area (Å²) in [5, 5.41) is 18.4. The summed E-state index contributed by atoms with van der Waals surface area (Å²) >= 11 is 12.6. The van der Waals surface area contributed by atoms with E-state index in [1.165, 1.54) is 0 Å². The zero-order valence-electron chi connectivity index (χ0n) is 19.8. The fourth-order valence-electron chi connectivity index (χ4n) is 3.87. The van der Waals surface area contributed by atoms with E-state index in [9.17, 15) is 0 Å². The third kappa shape index (κ3) is 6.09. The molecule has 180 valence electrons. The number of hydrogen-bond acceptors (Lipinski definition) is 6. The van der Waals surface area contributed by atoms with Gasteiger partial charge in [0.1, 0.15) is 11.6 Å². The second kappa shape index (κ2) is 11.5. The van der Waals surface area contributed by atoms with Crippen LogP contribution in [0, 0.1) is 11.3 Å². The molecule has 0 aliphatic rings. The summed E-state index contributed by atoms with van der Waals surface area (Å²) in [6.07, 6.45) is 5.17. The van der Waals surface area contributed by atoms with Gasteiger partial charge in [0.25, 0.3) is 0 Å². The maximum atomic E-state index is 8.94. The number of fused-ring (bicyclic) bond motifs is 1. The molecule has 0 saturated carbocycles. The molecule has 0 amide bonds. The van der Waals surface area contributed by atoms with Gasteiger partial charge in [0.15, 0.2) is 5.82 Å². The molecule has 4 aromatic rings. The second-order valence-corrected chi connectivity index (χ2v) is 9.05. The standard InChI is InChI=1S/C26H27Cl2N7/c1-3-34(4-2)16-21-13-25-26(30-11-5-6-20-9-7-18(14-29)15-31-20)32-24(17-35(25)33-21)22-10-8-19(27)12-23(22)28/h7-10,12-13,15,17H,3-6,11,16H2,1-2H3,(H,30,32). The Morgan fingerprint density at radius 2 is 1.91 bits per heavy atom. The first-order valence-corrected chi connectivity index (χ1v) is 12.4. The fraction of sp³-hybridized carbons (Fsp3) is 0.308. The lowest BCUT2D eigenvalue weighted by molar-refractivity contribution is 0.292. The van der Waals surface area contributed by atoms with Gasteiger partial charge in [-0.2, -0.15) is 10.4 Å². The Bertz CT molecular complexity index is 1340. The number of rotatable bonds is 10. The van der Waals surface area contributed by atoms with E-state index in [1.54, 1.807) is 24.4 Å². The highest BCUT2D eigenvalue weighted by Gasteiger charge is 2.14. The number of aryl methyl sites for hydroxylation is 1. The lowest BCUT2D eigenvalue weighted by Gasteiger charge is -2.15. The smallest absolute Gasteiger partial charge is 0.152 e. The highest BCUT2D eigenvalue weighted by molar-refractivity contribution is 6.36. The van der Waals surface area contributed by atoms with Crippen LogP contribution in [0.4, 0.5) is 5.82 Å². The number of halogens is 2. The van der Waals surface area contributed by atoms with E-state index < -0.39 is 0 Å². The first kappa shape index (κ1) is 24.9. The van der Waals surface area contributed by atoms with Gasteiger partial charge in [0.2, 0.25) is 0 Å². The van der Waals surface area contributed by atoms with Crippen LogP contribution in [-0.4, -0.2) is 44.1 Å². The average Bonchev–Trinajstić information content (AvgIpc) is 3.28. The van der Waals surface area contributed by atoms with Crippen LogP contribution in [0.3, 0.4) is 0 Å². The Balaban J connectivity index is 1.59. The summed E-state index contributed by atoms with van der Waals surface area (Å²) in [5.41, 5.74) is 4.93. The predicted molar refractivity (Wildman–Crippen MR) is 141 cm³/mol. The number of nitrogens with one attached hydrogen (secondary N) is 1. The van der Waals surface area contributed by atoms with Gasteiger partial charge in [-0.15, -0.1) is 0 Å². The number of hydrogen-bond donors (Lipinski definition) is 1. The lowest BCUT2D eigenvalue weighted by Crippen LogP contribution is -2.22. The molecule has 1 N–H and O–H groups in total.